The predicted octanol–water partition coefficient (Wildman–Crippen LogP) is 4.06. The van der Waals surface area contributed by atoms with E-state index in [9.17, 15) is 0 Å². The summed E-state index contributed by atoms with van der Waals surface area (Å²) in [4.78, 5) is 0.285. The summed E-state index contributed by atoms with van der Waals surface area (Å²) < 4.78 is 5.15. The molecule has 1 aromatic heterocycles. The van der Waals surface area contributed by atoms with Crippen LogP contribution in [-0.2, 0) is 0 Å². The third-order valence-electron chi connectivity index (χ3n) is 2.65. The molecular weight excluding hydrogens is 244 g/mol. The summed E-state index contributed by atoms with van der Waals surface area (Å²) in [5, 5.41) is 8.93. The van der Waals surface area contributed by atoms with Gasteiger partial charge in [0.05, 0.1) is 0 Å². The third kappa shape index (κ3) is 2.24. The van der Waals surface area contributed by atoms with Crippen LogP contribution in [0.4, 0.5) is 0 Å². The number of H-pyrrole nitrogens is 1. The van der Waals surface area contributed by atoms with Crippen LogP contribution >= 0.6 is 12.2 Å². The van der Waals surface area contributed by atoms with Crippen LogP contribution in [0.15, 0.2) is 46.9 Å². The number of nitrogens with zero attached hydrogens (tertiary/aromatic N) is 1. The van der Waals surface area contributed by atoms with Crippen LogP contribution < -0.4 is 0 Å². The summed E-state index contributed by atoms with van der Waals surface area (Å²) in [5.41, 5.74) is 1.10. The molecule has 0 aliphatic rings. The number of hydrogen-bond donors (Lipinski definition) is 1. The van der Waals surface area contributed by atoms with Crippen molar-refractivity contribution >= 4 is 35.1 Å². The molecule has 0 amide bonds. The first kappa shape index (κ1) is 10.9. The van der Waals surface area contributed by atoms with E-state index in [1.807, 2.05) is 18.2 Å². The highest BCUT2D eigenvalue weighted by Gasteiger charge is 1.95. The summed E-state index contributed by atoms with van der Waals surface area (Å²) in [7, 11) is 0. The Kier molecular flexibility index (Phi) is 2.78. The molecule has 0 aliphatic heterocycles. The first-order chi connectivity index (χ1) is 8.81. The molecule has 0 saturated heterocycles. The number of rotatable bonds is 2. The molecule has 0 atom stereocenters. The predicted molar refractivity (Wildman–Crippen MR) is 74.6 cm³/mol. The van der Waals surface area contributed by atoms with E-state index in [0.29, 0.717) is 5.89 Å². The second kappa shape index (κ2) is 4.58. The lowest BCUT2D eigenvalue weighted by atomic mass is 10.1. The van der Waals surface area contributed by atoms with Gasteiger partial charge in [-0.15, -0.1) is 5.10 Å². The van der Waals surface area contributed by atoms with Crippen molar-refractivity contribution in [1.29, 1.82) is 0 Å². The number of aromatic nitrogens is 2. The maximum absolute atomic E-state index is 5.15. The van der Waals surface area contributed by atoms with Crippen LogP contribution in [0.2, 0.25) is 0 Å². The van der Waals surface area contributed by atoms with Crippen LogP contribution in [0.25, 0.3) is 22.9 Å². The van der Waals surface area contributed by atoms with Gasteiger partial charge in [0, 0.05) is 6.08 Å². The topological polar surface area (TPSA) is 41.8 Å². The molecule has 3 rings (SSSR count). The van der Waals surface area contributed by atoms with Gasteiger partial charge in [0.1, 0.15) is 0 Å². The van der Waals surface area contributed by atoms with E-state index < -0.39 is 0 Å². The van der Waals surface area contributed by atoms with Crippen LogP contribution in [0.1, 0.15) is 11.5 Å². The number of nitrogens with one attached hydrogen (secondary N) is 1. The Morgan fingerprint density at radius 2 is 1.89 bits per heavy atom. The molecule has 4 heteroatoms. The lowest BCUT2D eigenvalue weighted by molar-refractivity contribution is 0.527. The van der Waals surface area contributed by atoms with Crippen molar-refractivity contribution in [2.45, 2.75) is 0 Å². The van der Waals surface area contributed by atoms with Gasteiger partial charge in [-0.1, -0.05) is 36.4 Å². The van der Waals surface area contributed by atoms with Gasteiger partial charge in [-0.3, -0.25) is 0 Å². The molecule has 0 saturated carbocycles. The minimum Gasteiger partial charge on any atom is -0.410 e. The van der Waals surface area contributed by atoms with Crippen molar-refractivity contribution in [2.75, 3.05) is 0 Å². The van der Waals surface area contributed by atoms with E-state index in [1.54, 1.807) is 6.08 Å². The Morgan fingerprint density at radius 3 is 2.67 bits per heavy atom. The summed E-state index contributed by atoms with van der Waals surface area (Å²) >= 11 is 4.81. The first-order valence-corrected chi connectivity index (χ1v) is 5.94. The number of benzene rings is 2. The number of hydrogen-bond acceptors (Lipinski definition) is 3. The Hall–Kier alpha value is -2.20. The van der Waals surface area contributed by atoms with E-state index in [-0.39, 0.29) is 4.84 Å². The molecule has 0 fully saturated rings. The lowest BCUT2D eigenvalue weighted by Gasteiger charge is -1.98. The summed E-state index contributed by atoms with van der Waals surface area (Å²) in [6.45, 7) is 0. The van der Waals surface area contributed by atoms with Gasteiger partial charge < -0.3 is 4.42 Å². The van der Waals surface area contributed by atoms with Crippen LogP contribution in [-0.4, -0.2) is 10.2 Å². The highest BCUT2D eigenvalue weighted by molar-refractivity contribution is 7.71. The Morgan fingerprint density at radius 1 is 1.06 bits per heavy atom. The summed E-state index contributed by atoms with van der Waals surface area (Å²) in [5.74, 6) is 0.480. The molecular formula is C14H10N2OS. The molecule has 18 heavy (non-hydrogen) atoms. The van der Waals surface area contributed by atoms with Gasteiger partial charge in [0.25, 0.3) is 4.84 Å². The van der Waals surface area contributed by atoms with E-state index in [0.717, 1.165) is 5.56 Å². The van der Waals surface area contributed by atoms with Crippen molar-refractivity contribution in [3.05, 3.63) is 58.8 Å². The first-order valence-electron chi connectivity index (χ1n) is 5.54. The Labute approximate surface area is 109 Å². The second-order valence-electron chi connectivity index (χ2n) is 3.89. The fourth-order valence-electron chi connectivity index (χ4n) is 1.79. The highest BCUT2D eigenvalue weighted by Crippen LogP contribution is 2.17. The summed E-state index contributed by atoms with van der Waals surface area (Å²) in [6.07, 6.45) is 3.73. The molecule has 3 aromatic rings. The molecule has 0 radical (unpaired) electrons. The standard InChI is InChI=1S/C14H10N2OS/c18-14-16-15-13(17-14)8-6-10-5-7-11-3-1-2-4-12(11)9-10/h1-9H,(H,16,18). The minimum atomic E-state index is 0.285. The van der Waals surface area contributed by atoms with Crippen molar-refractivity contribution in [3.8, 4) is 0 Å². The molecule has 3 nitrogen and oxygen atoms in total. The fraction of sp³-hybridized carbons (Fsp3) is 0. The molecule has 0 aliphatic carbocycles. The zero-order valence-electron chi connectivity index (χ0n) is 9.46. The molecule has 1 heterocycles. The maximum atomic E-state index is 5.15. The highest BCUT2D eigenvalue weighted by atomic mass is 32.1. The lowest BCUT2D eigenvalue weighted by Crippen LogP contribution is -1.75. The van der Waals surface area contributed by atoms with Gasteiger partial charge in [0.2, 0.25) is 5.89 Å². The van der Waals surface area contributed by atoms with Crippen molar-refractivity contribution in [3.63, 3.8) is 0 Å². The number of fused-ring (bicyclic) bond motifs is 1. The Bertz CT molecular complexity index is 770. The molecule has 0 spiro atoms. The van der Waals surface area contributed by atoms with E-state index >= 15 is 0 Å². The average Bonchev–Trinajstić information content (AvgIpc) is 2.82. The fourth-order valence-corrected chi connectivity index (χ4v) is 1.92. The van der Waals surface area contributed by atoms with E-state index in [2.05, 4.69) is 40.5 Å². The third-order valence-corrected chi connectivity index (χ3v) is 2.82. The van der Waals surface area contributed by atoms with Crippen molar-refractivity contribution in [1.82, 2.24) is 10.2 Å². The molecule has 0 bridgehead atoms. The zero-order valence-corrected chi connectivity index (χ0v) is 10.3. The SMILES string of the molecule is S=c1[nH]nc(C=Cc2ccc3ccccc3c2)o1. The molecule has 88 valence electrons. The number of aromatic amines is 1. The van der Waals surface area contributed by atoms with Gasteiger partial charge >= 0.3 is 0 Å². The normalized spacial score (nSPS) is 11.3. The van der Waals surface area contributed by atoms with Gasteiger partial charge in [-0.05, 0) is 40.7 Å². The van der Waals surface area contributed by atoms with Gasteiger partial charge in [0.15, 0.2) is 0 Å². The van der Waals surface area contributed by atoms with E-state index in [1.165, 1.54) is 10.8 Å². The second-order valence-corrected chi connectivity index (χ2v) is 4.26. The zero-order chi connectivity index (χ0) is 12.4. The van der Waals surface area contributed by atoms with Crippen molar-refractivity contribution in [2.24, 2.45) is 0 Å². The quantitative estimate of drug-likeness (QED) is 0.701. The van der Waals surface area contributed by atoms with E-state index in [4.69, 9.17) is 16.6 Å². The van der Waals surface area contributed by atoms with Crippen LogP contribution in [0, 0.1) is 4.84 Å². The average molecular weight is 254 g/mol. The van der Waals surface area contributed by atoms with Crippen molar-refractivity contribution < 1.29 is 4.42 Å². The van der Waals surface area contributed by atoms with Crippen LogP contribution in [0.5, 0.6) is 0 Å². The van der Waals surface area contributed by atoms with Gasteiger partial charge in [-0.25, -0.2) is 5.10 Å². The van der Waals surface area contributed by atoms with Gasteiger partial charge in [-0.2, -0.15) is 0 Å². The Balaban J connectivity index is 1.95. The maximum Gasteiger partial charge on any atom is 0.284 e. The smallest absolute Gasteiger partial charge is 0.284 e. The molecule has 2 aromatic carbocycles. The molecule has 1 N–H and O–H groups in total. The minimum absolute atomic E-state index is 0.285. The molecule has 0 unspecified atom stereocenters. The van der Waals surface area contributed by atoms with Crippen LogP contribution in [0.3, 0.4) is 0 Å². The largest absolute Gasteiger partial charge is 0.410 e. The monoisotopic (exact) mass is 254 g/mol. The summed E-state index contributed by atoms with van der Waals surface area (Å²) in [6, 6.07) is 14.5.